The molecule has 0 aromatic heterocycles. The van der Waals surface area contributed by atoms with Gasteiger partial charge in [-0.3, -0.25) is 9.59 Å². The van der Waals surface area contributed by atoms with Gasteiger partial charge in [-0.2, -0.15) is 0 Å². The zero-order valence-corrected chi connectivity index (χ0v) is 12.3. The Kier molecular flexibility index (Phi) is 4.70. The first-order chi connectivity index (χ1) is 9.47. The van der Waals surface area contributed by atoms with Gasteiger partial charge in [0.25, 0.3) is 0 Å². The minimum Gasteiger partial charge on any atom is -0.481 e. The Morgan fingerprint density at radius 1 is 1.20 bits per heavy atom. The number of hydrogen-bond donors (Lipinski definition) is 3. The molecule has 2 N–H and O–H groups in total. The van der Waals surface area contributed by atoms with E-state index in [9.17, 15) is 14.7 Å². The summed E-state index contributed by atoms with van der Waals surface area (Å²) in [5.74, 6) is -1.71. The third-order valence-corrected chi connectivity index (χ3v) is 4.20. The zero-order valence-electron chi connectivity index (χ0n) is 11.4. The lowest BCUT2D eigenvalue weighted by atomic mass is 9.74. The standard InChI is InChI=1S/C15H19NO3S/c1-9-2-7-12(15(18)19)13(8-9)14(17)16-10-3-5-11(20)6-4-10/h3-6,9,12-13,20H,2,7-8H2,1H3,(H,16,17)(H,18,19). The molecule has 0 spiro atoms. The average Bonchev–Trinajstić information content (AvgIpc) is 2.41. The molecule has 20 heavy (non-hydrogen) atoms. The maximum Gasteiger partial charge on any atom is 0.307 e. The van der Waals surface area contributed by atoms with Gasteiger partial charge in [-0.1, -0.05) is 6.92 Å². The van der Waals surface area contributed by atoms with Gasteiger partial charge in [-0.15, -0.1) is 12.6 Å². The molecule has 1 aliphatic rings. The summed E-state index contributed by atoms with van der Waals surface area (Å²) in [4.78, 5) is 24.4. The molecule has 1 saturated carbocycles. The van der Waals surface area contributed by atoms with E-state index in [-0.39, 0.29) is 5.91 Å². The summed E-state index contributed by atoms with van der Waals surface area (Å²) < 4.78 is 0. The lowest BCUT2D eigenvalue weighted by Gasteiger charge is -2.31. The third kappa shape index (κ3) is 3.54. The van der Waals surface area contributed by atoms with Crippen molar-refractivity contribution in [3.05, 3.63) is 24.3 Å². The van der Waals surface area contributed by atoms with Crippen LogP contribution in [0.4, 0.5) is 5.69 Å². The highest BCUT2D eigenvalue weighted by Crippen LogP contribution is 2.34. The molecule has 1 amide bonds. The smallest absolute Gasteiger partial charge is 0.307 e. The molecule has 1 fully saturated rings. The van der Waals surface area contributed by atoms with Crippen molar-refractivity contribution in [3.8, 4) is 0 Å². The minimum absolute atomic E-state index is 0.198. The van der Waals surface area contributed by atoms with Crippen LogP contribution in [-0.4, -0.2) is 17.0 Å². The number of thiol groups is 1. The van der Waals surface area contributed by atoms with Crippen molar-refractivity contribution in [2.45, 2.75) is 31.1 Å². The highest BCUT2D eigenvalue weighted by Gasteiger charge is 2.38. The molecule has 1 aromatic rings. The summed E-state index contributed by atoms with van der Waals surface area (Å²) in [5.41, 5.74) is 0.676. The largest absolute Gasteiger partial charge is 0.481 e. The van der Waals surface area contributed by atoms with E-state index in [1.807, 2.05) is 0 Å². The first-order valence-corrected chi connectivity index (χ1v) is 7.25. The number of carboxylic acid groups (broad SMARTS) is 1. The highest BCUT2D eigenvalue weighted by molar-refractivity contribution is 7.80. The average molecular weight is 293 g/mol. The lowest BCUT2D eigenvalue weighted by molar-refractivity contribution is -0.148. The molecule has 0 bridgehead atoms. The van der Waals surface area contributed by atoms with Crippen molar-refractivity contribution < 1.29 is 14.7 Å². The highest BCUT2D eigenvalue weighted by atomic mass is 32.1. The summed E-state index contributed by atoms with van der Waals surface area (Å²) >= 11 is 4.19. The van der Waals surface area contributed by atoms with Crippen LogP contribution < -0.4 is 5.32 Å². The van der Waals surface area contributed by atoms with Gasteiger partial charge in [-0.25, -0.2) is 0 Å². The summed E-state index contributed by atoms with van der Waals surface area (Å²) in [6, 6.07) is 7.11. The van der Waals surface area contributed by atoms with E-state index in [4.69, 9.17) is 0 Å². The molecule has 3 unspecified atom stereocenters. The van der Waals surface area contributed by atoms with Crippen LogP contribution in [0.5, 0.6) is 0 Å². The maximum absolute atomic E-state index is 12.3. The van der Waals surface area contributed by atoms with Gasteiger partial charge in [0.05, 0.1) is 11.8 Å². The van der Waals surface area contributed by atoms with Crippen molar-refractivity contribution in [1.82, 2.24) is 0 Å². The van der Waals surface area contributed by atoms with Crippen molar-refractivity contribution in [1.29, 1.82) is 0 Å². The molecule has 5 heteroatoms. The number of anilines is 1. The number of hydrogen-bond acceptors (Lipinski definition) is 3. The van der Waals surface area contributed by atoms with Crippen LogP contribution in [0.1, 0.15) is 26.2 Å². The van der Waals surface area contributed by atoms with Gasteiger partial charge in [0, 0.05) is 10.6 Å². The number of carbonyl (C=O) groups excluding carboxylic acids is 1. The molecule has 0 heterocycles. The van der Waals surface area contributed by atoms with Crippen LogP contribution in [-0.2, 0) is 9.59 Å². The van der Waals surface area contributed by atoms with Crippen molar-refractivity contribution >= 4 is 30.2 Å². The Morgan fingerprint density at radius 3 is 2.45 bits per heavy atom. The van der Waals surface area contributed by atoms with Gasteiger partial charge in [-0.05, 0) is 49.4 Å². The molecule has 0 saturated heterocycles. The zero-order chi connectivity index (χ0) is 14.7. The van der Waals surface area contributed by atoms with Crippen LogP contribution in [0.2, 0.25) is 0 Å². The van der Waals surface area contributed by atoms with E-state index in [1.165, 1.54) is 0 Å². The molecular weight excluding hydrogens is 274 g/mol. The van der Waals surface area contributed by atoms with Crippen LogP contribution in [0.3, 0.4) is 0 Å². The van der Waals surface area contributed by atoms with E-state index in [0.29, 0.717) is 24.4 Å². The first-order valence-electron chi connectivity index (χ1n) is 6.80. The quantitative estimate of drug-likeness (QED) is 0.750. The molecule has 1 aromatic carbocycles. The second-order valence-electron chi connectivity index (χ2n) is 5.51. The minimum atomic E-state index is -0.872. The Morgan fingerprint density at radius 2 is 1.85 bits per heavy atom. The van der Waals surface area contributed by atoms with E-state index in [2.05, 4.69) is 24.9 Å². The topological polar surface area (TPSA) is 66.4 Å². The predicted octanol–water partition coefficient (Wildman–Crippen LogP) is 3.05. The van der Waals surface area contributed by atoms with Crippen molar-refractivity contribution in [2.24, 2.45) is 17.8 Å². The summed E-state index contributed by atoms with van der Waals surface area (Å²) in [5, 5.41) is 12.1. The lowest BCUT2D eigenvalue weighted by Crippen LogP contribution is -2.38. The Balaban J connectivity index is 2.08. The van der Waals surface area contributed by atoms with Gasteiger partial charge >= 0.3 is 5.97 Å². The molecular formula is C15H19NO3S. The Hall–Kier alpha value is -1.49. The van der Waals surface area contributed by atoms with Gasteiger partial charge in [0.15, 0.2) is 0 Å². The normalized spacial score (nSPS) is 26.0. The number of carboxylic acids is 1. The summed E-state index contributed by atoms with van der Waals surface area (Å²) in [7, 11) is 0. The molecule has 4 nitrogen and oxygen atoms in total. The second kappa shape index (κ2) is 6.31. The number of nitrogens with one attached hydrogen (secondary N) is 1. The number of aliphatic carboxylic acids is 1. The number of rotatable bonds is 3. The van der Waals surface area contributed by atoms with E-state index >= 15 is 0 Å². The fourth-order valence-electron chi connectivity index (χ4n) is 2.75. The number of benzene rings is 1. The predicted molar refractivity (Wildman–Crippen MR) is 80.0 cm³/mol. The summed E-state index contributed by atoms with van der Waals surface area (Å²) in [6.07, 6.45) is 2.08. The van der Waals surface area contributed by atoms with Crippen LogP contribution in [0.25, 0.3) is 0 Å². The fraction of sp³-hybridized carbons (Fsp3) is 0.467. The maximum atomic E-state index is 12.3. The molecule has 2 rings (SSSR count). The molecule has 0 aliphatic heterocycles. The van der Waals surface area contributed by atoms with Crippen LogP contribution in [0, 0.1) is 17.8 Å². The number of carbonyl (C=O) groups is 2. The van der Waals surface area contributed by atoms with Crippen molar-refractivity contribution in [3.63, 3.8) is 0 Å². The Bertz CT molecular complexity index is 500. The van der Waals surface area contributed by atoms with Gasteiger partial charge < -0.3 is 10.4 Å². The molecule has 0 radical (unpaired) electrons. The Labute approximate surface area is 124 Å². The SMILES string of the molecule is CC1CCC(C(=O)O)C(C(=O)Nc2ccc(S)cc2)C1. The monoisotopic (exact) mass is 293 g/mol. The van der Waals surface area contributed by atoms with Gasteiger partial charge in [0.1, 0.15) is 0 Å². The van der Waals surface area contributed by atoms with E-state index in [1.54, 1.807) is 24.3 Å². The molecule has 1 aliphatic carbocycles. The molecule has 3 atom stereocenters. The first kappa shape index (κ1) is 14.9. The fourth-order valence-corrected chi connectivity index (χ4v) is 2.90. The number of amides is 1. The van der Waals surface area contributed by atoms with E-state index in [0.717, 1.165) is 11.3 Å². The second-order valence-corrected chi connectivity index (χ2v) is 6.02. The van der Waals surface area contributed by atoms with Crippen LogP contribution >= 0.6 is 12.6 Å². The van der Waals surface area contributed by atoms with Crippen molar-refractivity contribution in [2.75, 3.05) is 5.32 Å². The van der Waals surface area contributed by atoms with Gasteiger partial charge in [0.2, 0.25) is 5.91 Å². The van der Waals surface area contributed by atoms with E-state index < -0.39 is 17.8 Å². The van der Waals surface area contributed by atoms with Crippen LogP contribution in [0.15, 0.2) is 29.2 Å². The molecule has 108 valence electrons. The third-order valence-electron chi connectivity index (χ3n) is 3.90. The summed E-state index contributed by atoms with van der Waals surface area (Å²) in [6.45, 7) is 2.06.